The van der Waals surface area contributed by atoms with Crippen molar-refractivity contribution in [2.45, 2.75) is 380 Å². The molecule has 0 aromatic rings. The molecule has 0 rings (SSSR count). The second kappa shape index (κ2) is 82.7. The number of aliphatic hydroxyl groups is 1. The Kier molecular flexibility index (Phi) is 78.8. The number of allylic oxidation sites excluding steroid dienone is 26. The van der Waals surface area contributed by atoms with Crippen LogP contribution in [-0.4, -0.2) is 36.4 Å². The van der Waals surface area contributed by atoms with Gasteiger partial charge in [-0.2, -0.15) is 0 Å². The van der Waals surface area contributed by atoms with Crippen LogP contribution in [0.15, 0.2) is 158 Å². The topological polar surface area (TPSA) is 72.8 Å². The van der Waals surface area contributed by atoms with Gasteiger partial charge < -0.3 is 14.6 Å². The van der Waals surface area contributed by atoms with Gasteiger partial charge in [-0.3, -0.25) is 9.59 Å². The fourth-order valence-electron chi connectivity index (χ4n) is 11.4. The normalized spacial score (nSPS) is 13.1. The van der Waals surface area contributed by atoms with Crippen LogP contribution in [0, 0.1) is 0 Å². The Morgan fingerprint density at radius 1 is 0.245 bits per heavy atom. The molecule has 536 valence electrons. The van der Waals surface area contributed by atoms with Gasteiger partial charge in [-0.15, -0.1) is 0 Å². The first-order valence-corrected chi connectivity index (χ1v) is 40.0. The molecule has 0 aliphatic heterocycles. The first-order valence-electron chi connectivity index (χ1n) is 40.0. The zero-order valence-corrected chi connectivity index (χ0v) is 61.7. The van der Waals surface area contributed by atoms with E-state index in [2.05, 4.69) is 172 Å². The molecule has 0 heterocycles. The number of hydrogen-bond donors (Lipinski definition) is 1. The summed E-state index contributed by atoms with van der Waals surface area (Å²) in [4.78, 5) is 24.7. The highest BCUT2D eigenvalue weighted by Crippen LogP contribution is 2.19. The molecule has 0 saturated heterocycles. The van der Waals surface area contributed by atoms with E-state index in [1.54, 1.807) is 0 Å². The van der Waals surface area contributed by atoms with Crippen LogP contribution in [-0.2, 0) is 19.1 Å². The highest BCUT2D eigenvalue weighted by atomic mass is 16.6. The van der Waals surface area contributed by atoms with Crippen molar-refractivity contribution in [1.82, 2.24) is 0 Å². The van der Waals surface area contributed by atoms with Crippen molar-refractivity contribution >= 4 is 11.9 Å². The lowest BCUT2D eigenvalue weighted by Gasteiger charge is -2.15. The SMILES string of the molecule is CC/C=C\C/C=C\C/C=C\C/C=C\C/C=C\C/C=C\C/C=C\C/C=C\C/C=C\CCCCCCCCCCCCCCCC(=O)OC(CO)COC(=O)CCCCCCCCCCCCCCCCCCCCCCCCCCCC/C=C\C/C=C\C/C=C\C/C=C\CC. The first-order chi connectivity index (χ1) is 46.6. The Hall–Kier alpha value is -4.48. The average molecular weight is 1300 g/mol. The second-order valence-electron chi connectivity index (χ2n) is 26.4. The number of ether oxygens (including phenoxy) is 2. The maximum absolute atomic E-state index is 12.4. The predicted octanol–water partition coefficient (Wildman–Crippen LogP) is 28.5. The summed E-state index contributed by atoms with van der Waals surface area (Å²) in [6, 6.07) is 0. The maximum Gasteiger partial charge on any atom is 0.306 e. The minimum atomic E-state index is -0.781. The van der Waals surface area contributed by atoms with Crippen molar-refractivity contribution in [1.29, 1.82) is 0 Å². The smallest absolute Gasteiger partial charge is 0.306 e. The highest BCUT2D eigenvalue weighted by Gasteiger charge is 2.16. The van der Waals surface area contributed by atoms with Gasteiger partial charge in [0.2, 0.25) is 0 Å². The summed E-state index contributed by atoms with van der Waals surface area (Å²) in [7, 11) is 0. The Balaban J connectivity index is 3.46. The van der Waals surface area contributed by atoms with Gasteiger partial charge in [-0.1, -0.05) is 397 Å². The Morgan fingerprint density at radius 3 is 0.638 bits per heavy atom. The third kappa shape index (κ3) is 80.0. The molecule has 1 N–H and O–H groups in total. The minimum absolute atomic E-state index is 0.0682. The van der Waals surface area contributed by atoms with Crippen LogP contribution >= 0.6 is 0 Å². The van der Waals surface area contributed by atoms with Crippen molar-refractivity contribution in [3.8, 4) is 0 Å². The summed E-state index contributed by atoms with van der Waals surface area (Å²) in [5.41, 5.74) is 0. The van der Waals surface area contributed by atoms with Crippen molar-refractivity contribution in [3.63, 3.8) is 0 Å². The molecule has 0 aliphatic rings. The lowest BCUT2D eigenvalue weighted by Crippen LogP contribution is -2.28. The standard InChI is InChI=1S/C89H150O5/c1-3-5-7-9-11-13-15-17-19-21-23-25-27-29-31-33-35-37-39-41-43-44-46-48-50-52-54-56-58-60-62-64-66-68-70-72-74-76-78-80-82-84-89(92)94-87(85-90)86-93-88(91)83-81-79-77-75-73-71-69-67-65-63-61-59-57-55-53-51-49-47-45-42-40-38-36-34-32-30-28-26-24-22-20-18-16-14-12-10-8-6-4-2/h5-8,11-14,17-20,23-26,29,31,35,37,41,43,46,48,52,54,87,90H,3-4,9-10,15-16,21-22,27-28,30,32-34,36,38-40,42,44-45,47,49-51,53,55-86H2,1-2H3/b7-5-,8-6-,13-11-,14-12-,19-17-,20-18-,25-23-,26-24-,31-29-,37-35-,43-41-,48-46-,54-52-. The van der Waals surface area contributed by atoms with Gasteiger partial charge in [0.1, 0.15) is 6.61 Å². The van der Waals surface area contributed by atoms with Crippen LogP contribution in [0.25, 0.3) is 0 Å². The van der Waals surface area contributed by atoms with Gasteiger partial charge in [-0.05, 0) is 122 Å². The molecule has 0 bridgehead atoms. The lowest BCUT2D eigenvalue weighted by molar-refractivity contribution is -0.161. The van der Waals surface area contributed by atoms with Gasteiger partial charge in [-0.25, -0.2) is 0 Å². The van der Waals surface area contributed by atoms with E-state index >= 15 is 0 Å². The molecule has 0 aliphatic carbocycles. The van der Waals surface area contributed by atoms with E-state index in [9.17, 15) is 14.7 Å². The number of esters is 2. The monoisotopic (exact) mass is 1300 g/mol. The average Bonchev–Trinajstić information content (AvgIpc) is 3.77. The summed E-state index contributed by atoms with van der Waals surface area (Å²) >= 11 is 0. The molecular weight excluding hydrogens is 1150 g/mol. The third-order valence-corrected chi connectivity index (χ3v) is 17.3. The Morgan fingerprint density at radius 2 is 0.426 bits per heavy atom. The molecule has 0 amide bonds. The third-order valence-electron chi connectivity index (χ3n) is 17.3. The first kappa shape index (κ1) is 89.5. The molecule has 1 atom stereocenters. The number of rotatable bonds is 73. The number of aliphatic hydroxyl groups excluding tert-OH is 1. The van der Waals surface area contributed by atoms with Crippen LogP contribution in [0.2, 0.25) is 0 Å². The molecule has 0 spiro atoms. The van der Waals surface area contributed by atoms with Crippen LogP contribution in [0.3, 0.4) is 0 Å². The van der Waals surface area contributed by atoms with E-state index < -0.39 is 6.10 Å². The molecule has 0 fully saturated rings. The molecule has 5 nitrogen and oxygen atoms in total. The van der Waals surface area contributed by atoms with Crippen molar-refractivity contribution in [2.75, 3.05) is 13.2 Å². The largest absolute Gasteiger partial charge is 0.462 e. The zero-order valence-electron chi connectivity index (χ0n) is 61.7. The molecule has 0 aromatic heterocycles. The van der Waals surface area contributed by atoms with Gasteiger partial charge >= 0.3 is 11.9 Å². The minimum Gasteiger partial charge on any atom is -0.462 e. The van der Waals surface area contributed by atoms with Crippen molar-refractivity contribution in [2.24, 2.45) is 0 Å². The van der Waals surface area contributed by atoms with Crippen LogP contribution < -0.4 is 0 Å². The molecule has 1 unspecified atom stereocenters. The molecule has 5 heteroatoms. The van der Waals surface area contributed by atoms with Crippen molar-refractivity contribution < 1.29 is 24.2 Å². The maximum atomic E-state index is 12.4. The van der Waals surface area contributed by atoms with Crippen LogP contribution in [0.5, 0.6) is 0 Å². The number of carbonyl (C=O) groups excluding carboxylic acids is 2. The summed E-state index contributed by atoms with van der Waals surface area (Å²) in [5, 5.41) is 9.73. The van der Waals surface area contributed by atoms with E-state index in [0.29, 0.717) is 12.8 Å². The molecule has 0 aromatic carbocycles. The van der Waals surface area contributed by atoms with Gasteiger partial charge in [0.15, 0.2) is 6.10 Å². The molecular formula is C89H150O5. The lowest BCUT2D eigenvalue weighted by atomic mass is 10.0. The number of carbonyl (C=O) groups is 2. The van der Waals surface area contributed by atoms with E-state index in [-0.39, 0.29) is 25.2 Å². The fraction of sp³-hybridized carbons (Fsp3) is 0.685. The number of unbranched alkanes of at least 4 members (excludes halogenated alkanes) is 39. The van der Waals surface area contributed by atoms with E-state index in [4.69, 9.17) is 9.47 Å². The summed E-state index contributed by atoms with van der Waals surface area (Å²) in [6.07, 6.45) is 126. The Bertz CT molecular complexity index is 1960. The van der Waals surface area contributed by atoms with E-state index in [1.165, 1.54) is 225 Å². The zero-order chi connectivity index (χ0) is 67.5. The molecule has 0 radical (unpaired) electrons. The number of hydrogen-bond acceptors (Lipinski definition) is 5. The highest BCUT2D eigenvalue weighted by molar-refractivity contribution is 5.70. The van der Waals surface area contributed by atoms with Gasteiger partial charge in [0.05, 0.1) is 6.61 Å². The molecule has 94 heavy (non-hydrogen) atoms. The summed E-state index contributed by atoms with van der Waals surface area (Å²) in [6.45, 7) is 3.94. The quantitative estimate of drug-likeness (QED) is 0.0373. The summed E-state index contributed by atoms with van der Waals surface area (Å²) < 4.78 is 10.8. The van der Waals surface area contributed by atoms with Gasteiger partial charge in [0, 0.05) is 12.8 Å². The van der Waals surface area contributed by atoms with E-state index in [1.807, 2.05) is 0 Å². The van der Waals surface area contributed by atoms with Crippen molar-refractivity contribution in [3.05, 3.63) is 158 Å². The van der Waals surface area contributed by atoms with E-state index in [0.717, 1.165) is 122 Å². The van der Waals surface area contributed by atoms with Gasteiger partial charge in [0.25, 0.3) is 0 Å². The molecule has 0 saturated carbocycles. The van der Waals surface area contributed by atoms with Crippen LogP contribution in [0.1, 0.15) is 373 Å². The summed E-state index contributed by atoms with van der Waals surface area (Å²) in [5.74, 6) is -0.581. The Labute approximate surface area is 583 Å². The predicted molar refractivity (Wildman–Crippen MR) is 417 cm³/mol. The fourth-order valence-corrected chi connectivity index (χ4v) is 11.4. The second-order valence-corrected chi connectivity index (χ2v) is 26.4. The van der Waals surface area contributed by atoms with Crippen LogP contribution in [0.4, 0.5) is 0 Å².